The maximum atomic E-state index is 12.6. The van der Waals surface area contributed by atoms with Crippen molar-refractivity contribution in [1.29, 1.82) is 0 Å². The van der Waals surface area contributed by atoms with Gasteiger partial charge in [-0.3, -0.25) is 9.59 Å². The van der Waals surface area contributed by atoms with Gasteiger partial charge in [0.2, 0.25) is 0 Å². The van der Waals surface area contributed by atoms with Crippen LogP contribution in [0.15, 0.2) is 53.5 Å². The number of hydrogen-bond donors (Lipinski definition) is 0. The number of ether oxygens (including phenoxy) is 1. The lowest BCUT2D eigenvalue weighted by molar-refractivity contribution is 0.0772. The number of nitrogens with zero attached hydrogens (tertiary/aromatic N) is 1. The summed E-state index contributed by atoms with van der Waals surface area (Å²) < 4.78 is 5.04. The van der Waals surface area contributed by atoms with Gasteiger partial charge in [0.15, 0.2) is 0 Å². The topological polar surface area (TPSA) is 46.6 Å². The Bertz CT molecular complexity index is 635. The first kappa shape index (κ1) is 16.1. The maximum Gasteiger partial charge on any atom is 0.268 e. The van der Waals surface area contributed by atoms with Crippen LogP contribution in [0.3, 0.4) is 0 Å². The van der Waals surface area contributed by atoms with Crippen LogP contribution in [0.1, 0.15) is 15.2 Å². The molecule has 2 rings (SSSR count). The molecular formula is C17H16NO3S. The molecule has 1 amide bonds. The second kappa shape index (κ2) is 8.26. The summed E-state index contributed by atoms with van der Waals surface area (Å²) >= 11 is 1.34. The highest BCUT2D eigenvalue weighted by Gasteiger charge is 2.20. The third-order valence-corrected chi connectivity index (χ3v) is 3.85. The van der Waals surface area contributed by atoms with Crippen molar-refractivity contribution in [2.24, 2.45) is 0 Å². The molecule has 22 heavy (non-hydrogen) atoms. The zero-order valence-corrected chi connectivity index (χ0v) is 13.0. The molecule has 0 aliphatic rings. The van der Waals surface area contributed by atoms with Gasteiger partial charge in [0.05, 0.1) is 17.2 Å². The SMILES string of the molecule is COCCN(C(=O)c1cccs1)C([C]=O)=Cc1ccccc1. The highest BCUT2D eigenvalue weighted by Crippen LogP contribution is 2.17. The summed E-state index contributed by atoms with van der Waals surface area (Å²) in [7, 11) is 1.55. The predicted molar refractivity (Wildman–Crippen MR) is 87.3 cm³/mol. The molecule has 0 atom stereocenters. The van der Waals surface area contributed by atoms with E-state index in [2.05, 4.69) is 0 Å². The Morgan fingerprint density at radius 2 is 2.05 bits per heavy atom. The zero-order chi connectivity index (χ0) is 15.8. The quantitative estimate of drug-likeness (QED) is 0.738. The van der Waals surface area contributed by atoms with Crippen molar-refractivity contribution in [2.45, 2.75) is 0 Å². The first-order chi connectivity index (χ1) is 10.8. The predicted octanol–water partition coefficient (Wildman–Crippen LogP) is 2.99. The number of carbonyl (C=O) groups excluding carboxylic acids is 2. The largest absolute Gasteiger partial charge is 0.383 e. The van der Waals surface area contributed by atoms with Crippen LogP contribution in [0.25, 0.3) is 6.08 Å². The molecule has 113 valence electrons. The number of thiophene rings is 1. The number of carbonyl (C=O) groups is 1. The van der Waals surface area contributed by atoms with Crippen molar-refractivity contribution in [3.63, 3.8) is 0 Å². The first-order valence-corrected chi connectivity index (χ1v) is 7.63. The van der Waals surface area contributed by atoms with Crippen molar-refractivity contribution in [1.82, 2.24) is 4.90 Å². The van der Waals surface area contributed by atoms with Crippen LogP contribution < -0.4 is 0 Å². The zero-order valence-electron chi connectivity index (χ0n) is 12.2. The third-order valence-electron chi connectivity index (χ3n) is 2.99. The van der Waals surface area contributed by atoms with Crippen LogP contribution in [0.4, 0.5) is 0 Å². The molecule has 0 unspecified atom stereocenters. The lowest BCUT2D eigenvalue weighted by Crippen LogP contribution is -2.33. The summed E-state index contributed by atoms with van der Waals surface area (Å²) in [5.41, 5.74) is 1.03. The highest BCUT2D eigenvalue weighted by molar-refractivity contribution is 7.12. The van der Waals surface area contributed by atoms with Crippen molar-refractivity contribution in [3.05, 3.63) is 64.0 Å². The molecule has 0 saturated heterocycles. The third kappa shape index (κ3) is 4.13. The van der Waals surface area contributed by atoms with E-state index in [4.69, 9.17) is 4.74 Å². The minimum Gasteiger partial charge on any atom is -0.383 e. The Hall–Kier alpha value is -2.24. The van der Waals surface area contributed by atoms with Crippen LogP contribution >= 0.6 is 11.3 Å². The second-order valence-corrected chi connectivity index (χ2v) is 5.42. The highest BCUT2D eigenvalue weighted by atomic mass is 32.1. The van der Waals surface area contributed by atoms with E-state index >= 15 is 0 Å². The maximum absolute atomic E-state index is 12.6. The van der Waals surface area contributed by atoms with Gasteiger partial charge in [-0.1, -0.05) is 36.4 Å². The molecule has 0 saturated carbocycles. The van der Waals surface area contributed by atoms with E-state index < -0.39 is 0 Å². The van der Waals surface area contributed by atoms with E-state index in [0.717, 1.165) is 5.56 Å². The number of benzene rings is 1. The van der Waals surface area contributed by atoms with Gasteiger partial charge in [-0.25, -0.2) is 0 Å². The standard InChI is InChI=1S/C17H16NO3S/c1-21-10-9-18(17(20)16-8-5-11-22-16)15(13-19)12-14-6-3-2-4-7-14/h2-8,11-12H,9-10H2,1H3. The summed E-state index contributed by atoms with van der Waals surface area (Å²) in [5, 5.41) is 1.83. The first-order valence-electron chi connectivity index (χ1n) is 6.75. The van der Waals surface area contributed by atoms with Crippen molar-refractivity contribution < 1.29 is 14.3 Å². The van der Waals surface area contributed by atoms with Gasteiger partial charge >= 0.3 is 0 Å². The van der Waals surface area contributed by atoms with Gasteiger partial charge in [-0.15, -0.1) is 11.3 Å². The Morgan fingerprint density at radius 3 is 2.64 bits per heavy atom. The molecule has 1 aromatic heterocycles. The Morgan fingerprint density at radius 1 is 1.27 bits per heavy atom. The Balaban J connectivity index is 2.31. The van der Waals surface area contributed by atoms with Crippen LogP contribution in [0.2, 0.25) is 0 Å². The lowest BCUT2D eigenvalue weighted by Gasteiger charge is -2.21. The fraction of sp³-hybridized carbons (Fsp3) is 0.176. The molecule has 0 bridgehead atoms. The minimum atomic E-state index is -0.224. The van der Waals surface area contributed by atoms with Crippen LogP contribution in [0, 0.1) is 0 Å². The normalized spacial score (nSPS) is 11.2. The van der Waals surface area contributed by atoms with Gasteiger partial charge in [0.1, 0.15) is 0 Å². The van der Waals surface area contributed by atoms with E-state index in [0.29, 0.717) is 18.0 Å². The molecule has 0 fully saturated rings. The van der Waals surface area contributed by atoms with E-state index in [1.54, 1.807) is 25.3 Å². The van der Waals surface area contributed by atoms with Gasteiger partial charge < -0.3 is 9.64 Å². The van der Waals surface area contributed by atoms with Crippen molar-refractivity contribution >= 4 is 29.6 Å². The van der Waals surface area contributed by atoms with Gasteiger partial charge in [0.25, 0.3) is 12.2 Å². The summed E-state index contributed by atoms with van der Waals surface area (Å²) in [6.45, 7) is 0.631. The summed E-state index contributed by atoms with van der Waals surface area (Å²) in [6.07, 6.45) is 3.51. The molecule has 5 heteroatoms. The van der Waals surface area contributed by atoms with E-state index in [9.17, 15) is 9.59 Å². The molecule has 1 heterocycles. The Kier molecular flexibility index (Phi) is 6.06. The fourth-order valence-corrected chi connectivity index (χ4v) is 2.59. The molecule has 4 nitrogen and oxygen atoms in total. The van der Waals surface area contributed by atoms with Crippen LogP contribution in [-0.2, 0) is 9.53 Å². The van der Waals surface area contributed by atoms with Crippen LogP contribution in [-0.4, -0.2) is 37.4 Å². The number of methoxy groups -OCH3 is 1. The van der Waals surface area contributed by atoms with Crippen molar-refractivity contribution in [2.75, 3.05) is 20.3 Å². The van der Waals surface area contributed by atoms with E-state index in [1.807, 2.05) is 42.0 Å². The minimum absolute atomic E-state index is 0.196. The summed E-state index contributed by atoms with van der Waals surface area (Å²) in [6, 6.07) is 12.9. The molecule has 0 N–H and O–H groups in total. The Labute approximate surface area is 133 Å². The van der Waals surface area contributed by atoms with Crippen molar-refractivity contribution in [3.8, 4) is 0 Å². The number of rotatable bonds is 7. The number of amides is 1. The van der Waals surface area contributed by atoms with Gasteiger partial charge in [-0.2, -0.15) is 0 Å². The average molecular weight is 314 g/mol. The van der Waals surface area contributed by atoms with Crippen LogP contribution in [0.5, 0.6) is 0 Å². The molecule has 2 aromatic rings. The fourth-order valence-electron chi connectivity index (χ4n) is 1.92. The molecule has 1 radical (unpaired) electrons. The van der Waals surface area contributed by atoms with Gasteiger partial charge in [0, 0.05) is 13.7 Å². The molecule has 1 aromatic carbocycles. The lowest BCUT2D eigenvalue weighted by atomic mass is 10.2. The molecule has 0 spiro atoms. The molecule has 0 aliphatic heterocycles. The number of allylic oxidation sites excluding steroid dienone is 1. The van der Waals surface area contributed by atoms with E-state index in [-0.39, 0.29) is 11.6 Å². The smallest absolute Gasteiger partial charge is 0.268 e. The van der Waals surface area contributed by atoms with Gasteiger partial charge in [-0.05, 0) is 23.1 Å². The monoisotopic (exact) mass is 314 g/mol. The van der Waals surface area contributed by atoms with E-state index in [1.165, 1.54) is 16.2 Å². The number of hydrogen-bond acceptors (Lipinski definition) is 4. The average Bonchev–Trinajstić information content (AvgIpc) is 3.09. The summed E-state index contributed by atoms with van der Waals surface area (Å²) in [4.78, 5) is 25.9. The molecule has 0 aliphatic carbocycles. The molecular weight excluding hydrogens is 298 g/mol. The second-order valence-electron chi connectivity index (χ2n) is 4.47. The summed E-state index contributed by atoms with van der Waals surface area (Å²) in [5.74, 6) is -0.224.